The molecule has 1 aromatic carbocycles. The number of hydrogen-bond acceptors (Lipinski definition) is 3. The average Bonchev–Trinajstić information content (AvgIpc) is 2.78. The van der Waals surface area contributed by atoms with Crippen LogP contribution >= 0.6 is 43.2 Å². The predicted octanol–water partition coefficient (Wildman–Crippen LogP) is 5.08. The van der Waals surface area contributed by atoms with Gasteiger partial charge in [0, 0.05) is 10.0 Å². The summed E-state index contributed by atoms with van der Waals surface area (Å²) in [6, 6.07) is 7.62. The lowest BCUT2D eigenvalue weighted by Crippen LogP contribution is -2.26. The first-order valence-corrected chi connectivity index (χ1v) is 8.73. The minimum atomic E-state index is -0.132. The average molecular weight is 433 g/mol. The second kappa shape index (κ2) is 6.94. The summed E-state index contributed by atoms with van der Waals surface area (Å²) in [7, 11) is 1.64. The van der Waals surface area contributed by atoms with Crippen molar-refractivity contribution in [2.24, 2.45) is 0 Å². The summed E-state index contributed by atoms with van der Waals surface area (Å²) < 4.78 is 7.17. The second-order valence-electron chi connectivity index (χ2n) is 4.67. The Balaban J connectivity index is 2.19. The van der Waals surface area contributed by atoms with Crippen molar-refractivity contribution in [1.29, 1.82) is 0 Å². The molecular formula is C15H15Br2NO2S. The third-order valence-corrected chi connectivity index (χ3v) is 6.32. The van der Waals surface area contributed by atoms with Crippen LogP contribution in [0.5, 0.6) is 5.75 Å². The van der Waals surface area contributed by atoms with Crippen molar-refractivity contribution in [3.8, 4) is 5.75 Å². The number of carbonyl (C=O) groups is 1. The lowest BCUT2D eigenvalue weighted by Gasteiger charge is -2.17. The van der Waals surface area contributed by atoms with Gasteiger partial charge in [-0.1, -0.05) is 17.7 Å². The van der Waals surface area contributed by atoms with Gasteiger partial charge in [-0.2, -0.15) is 0 Å². The number of benzene rings is 1. The maximum Gasteiger partial charge on any atom is 0.261 e. The van der Waals surface area contributed by atoms with Gasteiger partial charge in [0.05, 0.1) is 21.8 Å². The lowest BCUT2D eigenvalue weighted by atomic mass is 10.0. The zero-order valence-corrected chi connectivity index (χ0v) is 15.9. The van der Waals surface area contributed by atoms with E-state index >= 15 is 0 Å². The van der Waals surface area contributed by atoms with Gasteiger partial charge in [-0.3, -0.25) is 4.79 Å². The summed E-state index contributed by atoms with van der Waals surface area (Å²) in [5.41, 5.74) is 2.11. The minimum Gasteiger partial charge on any atom is -0.496 e. The van der Waals surface area contributed by atoms with Crippen LogP contribution in [0.2, 0.25) is 0 Å². The van der Waals surface area contributed by atoms with Crippen LogP contribution < -0.4 is 10.1 Å². The molecule has 1 unspecified atom stereocenters. The molecule has 0 fully saturated rings. The smallest absolute Gasteiger partial charge is 0.261 e. The molecule has 0 saturated heterocycles. The highest BCUT2D eigenvalue weighted by Gasteiger charge is 2.17. The van der Waals surface area contributed by atoms with Crippen molar-refractivity contribution in [2.75, 3.05) is 7.11 Å². The van der Waals surface area contributed by atoms with Gasteiger partial charge < -0.3 is 10.1 Å². The van der Waals surface area contributed by atoms with Gasteiger partial charge in [0.15, 0.2) is 0 Å². The quantitative estimate of drug-likeness (QED) is 0.731. The van der Waals surface area contributed by atoms with Crippen molar-refractivity contribution in [1.82, 2.24) is 5.32 Å². The van der Waals surface area contributed by atoms with Crippen molar-refractivity contribution in [3.63, 3.8) is 0 Å². The molecule has 0 spiro atoms. The van der Waals surface area contributed by atoms with E-state index in [2.05, 4.69) is 37.2 Å². The molecule has 21 heavy (non-hydrogen) atoms. The Bertz CT molecular complexity index is 650. The van der Waals surface area contributed by atoms with Crippen LogP contribution in [0.25, 0.3) is 0 Å². The molecule has 0 bridgehead atoms. The summed E-state index contributed by atoms with van der Waals surface area (Å²) in [5, 5.41) is 3.00. The summed E-state index contributed by atoms with van der Waals surface area (Å²) in [6.07, 6.45) is 0. The van der Waals surface area contributed by atoms with Crippen molar-refractivity contribution >= 4 is 49.1 Å². The molecule has 1 N–H and O–H groups in total. The molecule has 0 aliphatic rings. The summed E-state index contributed by atoms with van der Waals surface area (Å²) in [5.74, 6) is 0.685. The molecule has 0 radical (unpaired) electrons. The number of ether oxygens (including phenoxy) is 1. The first-order chi connectivity index (χ1) is 9.92. The van der Waals surface area contributed by atoms with Gasteiger partial charge in [-0.25, -0.2) is 0 Å². The number of carbonyl (C=O) groups excluding carboxylic acids is 1. The van der Waals surface area contributed by atoms with E-state index in [0.29, 0.717) is 4.88 Å². The molecule has 0 aliphatic heterocycles. The Labute approximate surface area is 145 Å². The summed E-state index contributed by atoms with van der Waals surface area (Å²) >= 11 is 8.19. The molecule has 0 saturated carbocycles. The topological polar surface area (TPSA) is 38.3 Å². The van der Waals surface area contributed by atoms with Crippen LogP contribution in [-0.4, -0.2) is 13.0 Å². The second-order valence-corrected chi connectivity index (χ2v) is 7.90. The first-order valence-electron chi connectivity index (χ1n) is 6.32. The fourth-order valence-electron chi connectivity index (χ4n) is 2.00. The molecule has 6 heteroatoms. The molecule has 1 amide bonds. The molecular weight excluding hydrogens is 418 g/mol. The van der Waals surface area contributed by atoms with Crippen LogP contribution in [0.4, 0.5) is 0 Å². The number of hydrogen-bond donors (Lipinski definition) is 1. The van der Waals surface area contributed by atoms with Crippen molar-refractivity contribution < 1.29 is 9.53 Å². The van der Waals surface area contributed by atoms with E-state index in [0.717, 1.165) is 25.1 Å². The summed E-state index contributed by atoms with van der Waals surface area (Å²) in [6.45, 7) is 3.97. The first kappa shape index (κ1) is 16.5. The van der Waals surface area contributed by atoms with Crippen molar-refractivity contribution in [2.45, 2.75) is 19.9 Å². The van der Waals surface area contributed by atoms with Crippen LogP contribution in [0, 0.1) is 6.92 Å². The fraction of sp³-hybridized carbons (Fsp3) is 0.267. The van der Waals surface area contributed by atoms with Crippen LogP contribution in [-0.2, 0) is 0 Å². The van der Waals surface area contributed by atoms with Crippen LogP contribution in [0.1, 0.15) is 33.8 Å². The molecule has 2 aromatic rings. The molecule has 2 rings (SSSR count). The molecule has 0 aliphatic carbocycles. The van der Waals surface area contributed by atoms with Gasteiger partial charge in [0.25, 0.3) is 5.91 Å². The van der Waals surface area contributed by atoms with E-state index in [1.54, 1.807) is 7.11 Å². The molecule has 1 aromatic heterocycles. The van der Waals surface area contributed by atoms with E-state index in [4.69, 9.17) is 4.74 Å². The Hall–Kier alpha value is -0.850. The van der Waals surface area contributed by atoms with E-state index in [1.165, 1.54) is 11.3 Å². The Morgan fingerprint density at radius 1 is 1.33 bits per heavy atom. The number of methoxy groups -OCH3 is 1. The third kappa shape index (κ3) is 3.87. The number of halogens is 2. The number of nitrogens with one attached hydrogen (secondary N) is 1. The zero-order chi connectivity index (χ0) is 15.6. The number of thiophene rings is 1. The highest BCUT2D eigenvalue weighted by molar-refractivity contribution is 9.13. The lowest BCUT2D eigenvalue weighted by molar-refractivity contribution is 0.0943. The van der Waals surface area contributed by atoms with Gasteiger partial charge in [-0.05, 0) is 57.8 Å². The SMILES string of the molecule is COc1ccc(C)cc1C(C)NC(=O)c1cc(Br)c(Br)s1. The van der Waals surface area contributed by atoms with Crippen LogP contribution in [0.15, 0.2) is 32.5 Å². The fourth-order valence-corrected chi connectivity index (χ4v) is 3.93. The molecule has 1 heterocycles. The number of rotatable bonds is 4. The number of amides is 1. The van der Waals surface area contributed by atoms with E-state index < -0.39 is 0 Å². The normalized spacial score (nSPS) is 12.0. The highest BCUT2D eigenvalue weighted by Crippen LogP contribution is 2.33. The van der Waals surface area contributed by atoms with E-state index in [9.17, 15) is 4.79 Å². The van der Waals surface area contributed by atoms with E-state index in [1.807, 2.05) is 38.1 Å². The van der Waals surface area contributed by atoms with Crippen LogP contribution in [0.3, 0.4) is 0 Å². The molecule has 112 valence electrons. The molecule has 1 atom stereocenters. The van der Waals surface area contributed by atoms with Gasteiger partial charge >= 0.3 is 0 Å². The van der Waals surface area contributed by atoms with Gasteiger partial charge in [0.2, 0.25) is 0 Å². The third-order valence-electron chi connectivity index (χ3n) is 3.07. The largest absolute Gasteiger partial charge is 0.496 e. The Morgan fingerprint density at radius 3 is 2.62 bits per heavy atom. The predicted molar refractivity (Wildman–Crippen MR) is 93.3 cm³/mol. The monoisotopic (exact) mass is 431 g/mol. The Kier molecular flexibility index (Phi) is 5.46. The highest BCUT2D eigenvalue weighted by atomic mass is 79.9. The maximum atomic E-state index is 12.3. The summed E-state index contributed by atoms with van der Waals surface area (Å²) in [4.78, 5) is 13.0. The Morgan fingerprint density at radius 2 is 2.05 bits per heavy atom. The van der Waals surface area contributed by atoms with E-state index in [-0.39, 0.29) is 11.9 Å². The molecule has 3 nitrogen and oxygen atoms in total. The van der Waals surface area contributed by atoms with Gasteiger partial charge in [0.1, 0.15) is 5.75 Å². The van der Waals surface area contributed by atoms with Crippen molar-refractivity contribution in [3.05, 3.63) is 48.5 Å². The standard InChI is InChI=1S/C15H15Br2NO2S/c1-8-4-5-12(20-3)10(6-8)9(2)18-15(19)13-7-11(16)14(17)21-13/h4-7,9H,1-3H3,(H,18,19). The zero-order valence-electron chi connectivity index (χ0n) is 11.9. The minimum absolute atomic E-state index is 0.0949. The number of aryl methyl sites for hydroxylation is 1. The maximum absolute atomic E-state index is 12.3. The van der Waals surface area contributed by atoms with Gasteiger partial charge in [-0.15, -0.1) is 11.3 Å².